The van der Waals surface area contributed by atoms with Gasteiger partial charge in [0.15, 0.2) is 5.11 Å². The standard InChI is InChI=1S/C26H30N6O2S/c1-19-16-21(18-28-23(19)17-27)31-24(33)26(8-3-9-26)32(25(31)35)20-4-6-22(7-5-20)34-15-14-30-12-10-29(2)11-13-30/h4-7,16,18H,3,8-15H2,1-2H3. The maximum atomic E-state index is 13.6. The molecular weight excluding hydrogens is 460 g/mol. The first-order chi connectivity index (χ1) is 16.9. The number of hydrogen-bond donors (Lipinski definition) is 0. The van der Waals surface area contributed by atoms with Crippen molar-refractivity contribution in [3.05, 3.63) is 47.8 Å². The molecule has 0 atom stereocenters. The highest BCUT2D eigenvalue weighted by Crippen LogP contribution is 2.47. The lowest BCUT2D eigenvalue weighted by Gasteiger charge is -2.43. The predicted molar refractivity (Wildman–Crippen MR) is 139 cm³/mol. The Morgan fingerprint density at radius 1 is 1.14 bits per heavy atom. The minimum Gasteiger partial charge on any atom is -0.492 e. The highest BCUT2D eigenvalue weighted by atomic mass is 32.1. The molecule has 0 radical (unpaired) electrons. The normalized spacial score (nSPS) is 20.3. The quantitative estimate of drug-likeness (QED) is 0.572. The molecular formula is C26H30N6O2S. The molecule has 0 unspecified atom stereocenters. The molecule has 1 amide bonds. The molecule has 3 fully saturated rings. The van der Waals surface area contributed by atoms with Crippen molar-refractivity contribution in [3.8, 4) is 11.8 Å². The first kappa shape index (κ1) is 23.7. The molecule has 1 aliphatic carbocycles. The van der Waals surface area contributed by atoms with Crippen molar-refractivity contribution in [3.63, 3.8) is 0 Å². The number of thiocarbonyl (C=S) groups is 1. The number of rotatable bonds is 6. The van der Waals surface area contributed by atoms with E-state index < -0.39 is 5.54 Å². The summed E-state index contributed by atoms with van der Waals surface area (Å²) in [6, 6.07) is 11.8. The summed E-state index contributed by atoms with van der Waals surface area (Å²) >= 11 is 5.84. The van der Waals surface area contributed by atoms with Gasteiger partial charge in [0.1, 0.15) is 29.7 Å². The maximum absolute atomic E-state index is 13.6. The Balaban J connectivity index is 1.30. The summed E-state index contributed by atoms with van der Waals surface area (Å²) in [5, 5.41) is 9.66. The molecule has 1 spiro atoms. The number of carbonyl (C=O) groups excluding carboxylic acids is 1. The molecule has 8 nitrogen and oxygen atoms in total. The van der Waals surface area contributed by atoms with Crippen LogP contribution in [0.15, 0.2) is 36.5 Å². The van der Waals surface area contributed by atoms with Gasteiger partial charge >= 0.3 is 0 Å². The topological polar surface area (TPSA) is 75.9 Å². The number of ether oxygens (including phenoxy) is 1. The third-order valence-corrected chi connectivity index (χ3v) is 7.75. The summed E-state index contributed by atoms with van der Waals surface area (Å²) in [6.07, 6.45) is 4.06. The van der Waals surface area contributed by atoms with Gasteiger partial charge in [-0.1, -0.05) is 0 Å². The Kier molecular flexibility index (Phi) is 6.45. The van der Waals surface area contributed by atoms with Crippen LogP contribution in [0.4, 0.5) is 11.4 Å². The minimum absolute atomic E-state index is 0.0211. The number of nitrogens with zero attached hydrogens (tertiary/aromatic N) is 6. The number of hydrogen-bond acceptors (Lipinski definition) is 7. The third-order valence-electron chi connectivity index (χ3n) is 7.39. The van der Waals surface area contributed by atoms with Gasteiger partial charge in [0.25, 0.3) is 5.91 Å². The number of carbonyl (C=O) groups is 1. The first-order valence-corrected chi connectivity index (χ1v) is 12.5. The van der Waals surface area contributed by atoms with E-state index in [1.807, 2.05) is 42.2 Å². The van der Waals surface area contributed by atoms with Crippen LogP contribution >= 0.6 is 12.2 Å². The zero-order valence-electron chi connectivity index (χ0n) is 20.2. The smallest absolute Gasteiger partial charge is 0.259 e. The van der Waals surface area contributed by atoms with Crippen molar-refractivity contribution in [2.75, 3.05) is 56.2 Å². The fourth-order valence-corrected chi connectivity index (χ4v) is 5.53. The zero-order chi connectivity index (χ0) is 24.6. The number of pyridine rings is 1. The molecule has 3 aliphatic rings. The summed E-state index contributed by atoms with van der Waals surface area (Å²) < 4.78 is 6.00. The Bertz CT molecular complexity index is 1170. The Morgan fingerprint density at radius 3 is 2.46 bits per heavy atom. The highest BCUT2D eigenvalue weighted by molar-refractivity contribution is 7.81. The van der Waals surface area contributed by atoms with Gasteiger partial charge in [-0.05, 0) is 81.3 Å². The molecule has 2 saturated heterocycles. The molecule has 182 valence electrons. The van der Waals surface area contributed by atoms with Crippen LogP contribution in [0.25, 0.3) is 0 Å². The summed E-state index contributed by atoms with van der Waals surface area (Å²) in [4.78, 5) is 26.2. The Hall–Kier alpha value is -3.06. The van der Waals surface area contributed by atoms with E-state index in [1.54, 1.807) is 11.1 Å². The molecule has 2 aromatic rings. The highest BCUT2D eigenvalue weighted by Gasteiger charge is 2.59. The molecule has 9 heteroatoms. The van der Waals surface area contributed by atoms with E-state index in [0.717, 1.165) is 69.0 Å². The SMILES string of the molecule is Cc1cc(N2C(=O)C3(CCC3)N(c3ccc(OCCN4CCN(C)CC4)cc3)C2=S)cnc1C#N. The van der Waals surface area contributed by atoms with Crippen LogP contribution in [0.3, 0.4) is 0 Å². The lowest BCUT2D eigenvalue weighted by Crippen LogP contribution is -2.55. The molecule has 35 heavy (non-hydrogen) atoms. The van der Waals surface area contributed by atoms with E-state index in [4.69, 9.17) is 17.0 Å². The molecule has 2 aliphatic heterocycles. The van der Waals surface area contributed by atoms with Crippen LogP contribution in [0.5, 0.6) is 5.75 Å². The summed E-state index contributed by atoms with van der Waals surface area (Å²) in [5.41, 5.74) is 1.91. The number of piperazine rings is 1. The third kappa shape index (κ3) is 4.27. The lowest BCUT2D eigenvalue weighted by atomic mass is 9.75. The second-order valence-corrected chi connectivity index (χ2v) is 9.97. The molecule has 0 N–H and O–H groups in total. The zero-order valence-corrected chi connectivity index (χ0v) is 21.1. The van der Waals surface area contributed by atoms with Gasteiger partial charge in [-0.15, -0.1) is 0 Å². The van der Waals surface area contributed by atoms with Crippen LogP contribution in [0, 0.1) is 18.3 Å². The van der Waals surface area contributed by atoms with E-state index >= 15 is 0 Å². The Morgan fingerprint density at radius 2 is 1.86 bits per heavy atom. The largest absolute Gasteiger partial charge is 0.492 e. The summed E-state index contributed by atoms with van der Waals surface area (Å²) in [5.74, 6) is 0.790. The van der Waals surface area contributed by atoms with E-state index in [2.05, 4.69) is 27.9 Å². The monoisotopic (exact) mass is 490 g/mol. The molecule has 1 aromatic carbocycles. The average molecular weight is 491 g/mol. The van der Waals surface area contributed by atoms with Gasteiger partial charge in [0, 0.05) is 38.4 Å². The number of aryl methyl sites for hydroxylation is 1. The van der Waals surface area contributed by atoms with Crippen LogP contribution in [-0.2, 0) is 4.79 Å². The number of amides is 1. The maximum Gasteiger partial charge on any atom is 0.259 e. The number of likely N-dealkylation sites (N-methyl/N-ethyl adjacent to an activating group) is 1. The Labute approximate surface area is 211 Å². The van der Waals surface area contributed by atoms with Gasteiger partial charge in [-0.2, -0.15) is 5.26 Å². The molecule has 0 bridgehead atoms. The molecule has 5 rings (SSSR count). The molecule has 1 aromatic heterocycles. The van der Waals surface area contributed by atoms with Crippen molar-refractivity contribution in [1.82, 2.24) is 14.8 Å². The van der Waals surface area contributed by atoms with E-state index in [1.165, 1.54) is 0 Å². The van der Waals surface area contributed by atoms with Crippen LogP contribution in [0.2, 0.25) is 0 Å². The summed E-state index contributed by atoms with van der Waals surface area (Å²) in [6.45, 7) is 7.72. The summed E-state index contributed by atoms with van der Waals surface area (Å²) in [7, 11) is 2.16. The fraction of sp³-hybridized carbons (Fsp3) is 0.462. The number of anilines is 2. The number of benzene rings is 1. The van der Waals surface area contributed by atoms with Gasteiger partial charge in [0.05, 0.1) is 11.9 Å². The van der Waals surface area contributed by atoms with E-state index in [-0.39, 0.29) is 5.91 Å². The van der Waals surface area contributed by atoms with E-state index in [0.29, 0.717) is 23.1 Å². The van der Waals surface area contributed by atoms with Crippen LogP contribution < -0.4 is 14.5 Å². The van der Waals surface area contributed by atoms with Crippen molar-refractivity contribution in [1.29, 1.82) is 5.26 Å². The second-order valence-electron chi connectivity index (χ2n) is 9.60. The van der Waals surface area contributed by atoms with E-state index in [9.17, 15) is 10.1 Å². The lowest BCUT2D eigenvalue weighted by molar-refractivity contribution is -0.123. The second kappa shape index (κ2) is 9.53. The van der Waals surface area contributed by atoms with Crippen LogP contribution in [-0.4, -0.2) is 77.7 Å². The predicted octanol–water partition coefficient (Wildman–Crippen LogP) is 2.95. The molecule has 3 heterocycles. The van der Waals surface area contributed by atoms with Crippen molar-refractivity contribution < 1.29 is 9.53 Å². The number of aromatic nitrogens is 1. The first-order valence-electron chi connectivity index (χ1n) is 12.1. The van der Waals surface area contributed by atoms with Crippen LogP contribution in [0.1, 0.15) is 30.5 Å². The van der Waals surface area contributed by atoms with Gasteiger partial charge in [0.2, 0.25) is 0 Å². The van der Waals surface area contributed by atoms with Crippen molar-refractivity contribution in [2.45, 2.75) is 31.7 Å². The molecule has 1 saturated carbocycles. The minimum atomic E-state index is -0.650. The van der Waals surface area contributed by atoms with Crippen molar-refractivity contribution in [2.24, 2.45) is 0 Å². The van der Waals surface area contributed by atoms with Gasteiger partial charge < -0.3 is 14.5 Å². The van der Waals surface area contributed by atoms with Gasteiger partial charge in [-0.25, -0.2) is 4.98 Å². The fourth-order valence-electron chi connectivity index (χ4n) is 5.06. The number of nitriles is 1. The average Bonchev–Trinajstić information content (AvgIpc) is 3.07. The van der Waals surface area contributed by atoms with Gasteiger partial charge in [-0.3, -0.25) is 14.6 Å². The van der Waals surface area contributed by atoms with Crippen molar-refractivity contribution >= 4 is 34.6 Å².